The highest BCUT2D eigenvalue weighted by molar-refractivity contribution is 5.22. The van der Waals surface area contributed by atoms with Gasteiger partial charge >= 0.3 is 0 Å². The lowest BCUT2D eigenvalue weighted by molar-refractivity contribution is 0.111. The highest BCUT2D eigenvalue weighted by Gasteiger charge is 2.26. The van der Waals surface area contributed by atoms with Gasteiger partial charge in [-0.05, 0) is 23.6 Å². The van der Waals surface area contributed by atoms with Crippen molar-refractivity contribution in [3.05, 3.63) is 60.1 Å². The molecule has 1 heterocycles. The zero-order valence-corrected chi connectivity index (χ0v) is 11.6. The molecule has 19 heavy (non-hydrogen) atoms. The Kier molecular flexibility index (Phi) is 4.80. The maximum atomic E-state index is 10.6. The predicted octanol–water partition coefficient (Wildman–Crippen LogP) is 4.01. The number of aliphatic hydroxyl groups excluding tert-OH is 1. The number of rotatable bonds is 6. The van der Waals surface area contributed by atoms with E-state index in [1.54, 1.807) is 6.26 Å². The number of aliphatic hydroxyl groups is 1. The summed E-state index contributed by atoms with van der Waals surface area (Å²) >= 11 is 0. The first-order chi connectivity index (χ1) is 9.22. The summed E-state index contributed by atoms with van der Waals surface area (Å²) in [6.07, 6.45) is 2.86. The minimum Gasteiger partial charge on any atom is -0.469 e. The first-order valence-electron chi connectivity index (χ1n) is 6.97. The van der Waals surface area contributed by atoms with Gasteiger partial charge in [0, 0.05) is 12.3 Å². The van der Waals surface area contributed by atoms with Crippen LogP contribution in [-0.4, -0.2) is 11.2 Å². The van der Waals surface area contributed by atoms with Crippen LogP contribution in [-0.2, 0) is 6.42 Å². The molecule has 2 aromatic rings. The van der Waals surface area contributed by atoms with E-state index in [1.165, 1.54) is 5.56 Å². The van der Waals surface area contributed by atoms with Crippen LogP contribution in [0.5, 0.6) is 0 Å². The molecular formula is C17H22O2. The lowest BCUT2D eigenvalue weighted by Crippen LogP contribution is -2.26. The van der Waals surface area contributed by atoms with Crippen LogP contribution in [0.15, 0.2) is 53.1 Å². The van der Waals surface area contributed by atoms with Crippen molar-refractivity contribution in [1.82, 2.24) is 0 Å². The maximum Gasteiger partial charge on any atom is 0.106 e. The Morgan fingerprint density at radius 3 is 2.42 bits per heavy atom. The summed E-state index contributed by atoms with van der Waals surface area (Å²) in [6, 6.07) is 14.1. The summed E-state index contributed by atoms with van der Waals surface area (Å²) in [6.45, 7) is 4.36. The molecule has 1 aromatic heterocycles. The van der Waals surface area contributed by atoms with Crippen LogP contribution < -0.4 is 0 Å². The van der Waals surface area contributed by atoms with Gasteiger partial charge in [0.2, 0.25) is 0 Å². The van der Waals surface area contributed by atoms with E-state index >= 15 is 0 Å². The zero-order chi connectivity index (χ0) is 13.7. The van der Waals surface area contributed by atoms with Crippen LogP contribution in [0.2, 0.25) is 0 Å². The Morgan fingerprint density at radius 2 is 1.84 bits per heavy atom. The molecule has 3 atom stereocenters. The summed E-state index contributed by atoms with van der Waals surface area (Å²) in [7, 11) is 0. The summed E-state index contributed by atoms with van der Waals surface area (Å²) in [4.78, 5) is 0. The summed E-state index contributed by atoms with van der Waals surface area (Å²) in [5.74, 6) is 1.43. The van der Waals surface area contributed by atoms with E-state index in [-0.39, 0.29) is 5.92 Å². The van der Waals surface area contributed by atoms with Crippen molar-refractivity contribution in [2.45, 2.75) is 38.7 Å². The number of hydrogen-bond donors (Lipinski definition) is 1. The standard InChI is InChI=1S/C17H22O2/c1-3-13(2)17(14-8-5-4-6-9-14)16(18)12-15-10-7-11-19-15/h4-11,13,16-18H,3,12H2,1-2H3. The van der Waals surface area contributed by atoms with Crippen molar-refractivity contribution in [1.29, 1.82) is 0 Å². The smallest absolute Gasteiger partial charge is 0.106 e. The molecule has 1 N–H and O–H groups in total. The van der Waals surface area contributed by atoms with Gasteiger partial charge in [-0.25, -0.2) is 0 Å². The number of hydrogen-bond acceptors (Lipinski definition) is 2. The van der Waals surface area contributed by atoms with Gasteiger partial charge < -0.3 is 9.52 Å². The lowest BCUT2D eigenvalue weighted by atomic mass is 9.80. The van der Waals surface area contributed by atoms with Crippen molar-refractivity contribution < 1.29 is 9.52 Å². The largest absolute Gasteiger partial charge is 0.469 e. The molecule has 0 aliphatic rings. The SMILES string of the molecule is CCC(C)C(c1ccccc1)C(O)Cc1ccco1. The second kappa shape index (κ2) is 6.58. The summed E-state index contributed by atoms with van der Waals surface area (Å²) in [5, 5.41) is 10.6. The molecule has 0 saturated carbocycles. The Bertz CT molecular complexity index is 461. The Labute approximate surface area is 115 Å². The molecule has 0 amide bonds. The molecule has 3 unspecified atom stereocenters. The van der Waals surface area contributed by atoms with E-state index in [1.807, 2.05) is 30.3 Å². The third-order valence-electron chi connectivity index (χ3n) is 3.85. The second-order valence-corrected chi connectivity index (χ2v) is 5.17. The first kappa shape index (κ1) is 13.9. The third-order valence-corrected chi connectivity index (χ3v) is 3.85. The minimum absolute atomic E-state index is 0.149. The molecule has 1 aromatic carbocycles. The third kappa shape index (κ3) is 3.48. The average Bonchev–Trinajstić information content (AvgIpc) is 2.93. The number of furan rings is 1. The lowest BCUT2D eigenvalue weighted by Gasteiger charge is -2.28. The van der Waals surface area contributed by atoms with Gasteiger partial charge in [0.15, 0.2) is 0 Å². The van der Waals surface area contributed by atoms with Crippen molar-refractivity contribution in [2.24, 2.45) is 5.92 Å². The van der Waals surface area contributed by atoms with Gasteiger partial charge in [0.25, 0.3) is 0 Å². The molecule has 0 bridgehead atoms. The first-order valence-corrected chi connectivity index (χ1v) is 6.97. The zero-order valence-electron chi connectivity index (χ0n) is 11.6. The molecule has 0 radical (unpaired) electrons. The summed E-state index contributed by atoms with van der Waals surface area (Å²) < 4.78 is 5.34. The van der Waals surface area contributed by atoms with Crippen molar-refractivity contribution in [2.75, 3.05) is 0 Å². The number of benzene rings is 1. The average molecular weight is 258 g/mol. The van der Waals surface area contributed by atoms with Crippen molar-refractivity contribution >= 4 is 0 Å². The predicted molar refractivity (Wildman–Crippen MR) is 77.1 cm³/mol. The van der Waals surface area contributed by atoms with Gasteiger partial charge in [0.1, 0.15) is 5.76 Å². The molecule has 0 aliphatic carbocycles. The quantitative estimate of drug-likeness (QED) is 0.849. The maximum absolute atomic E-state index is 10.6. The van der Waals surface area contributed by atoms with Gasteiger partial charge in [-0.3, -0.25) is 0 Å². The monoisotopic (exact) mass is 258 g/mol. The second-order valence-electron chi connectivity index (χ2n) is 5.17. The van der Waals surface area contributed by atoms with E-state index in [0.29, 0.717) is 12.3 Å². The van der Waals surface area contributed by atoms with Crippen LogP contribution in [0.4, 0.5) is 0 Å². The molecule has 102 valence electrons. The van der Waals surface area contributed by atoms with Crippen molar-refractivity contribution in [3.63, 3.8) is 0 Å². The fourth-order valence-electron chi connectivity index (χ4n) is 2.62. The minimum atomic E-state index is -0.413. The molecule has 0 saturated heterocycles. The molecule has 2 heteroatoms. The van der Waals surface area contributed by atoms with Gasteiger partial charge in [-0.1, -0.05) is 50.6 Å². The molecular weight excluding hydrogens is 236 g/mol. The fourth-order valence-corrected chi connectivity index (χ4v) is 2.62. The molecule has 0 fully saturated rings. The highest BCUT2D eigenvalue weighted by atomic mass is 16.3. The van der Waals surface area contributed by atoms with Crippen LogP contribution >= 0.6 is 0 Å². The normalized spacial score (nSPS) is 15.9. The molecule has 0 aliphatic heterocycles. The van der Waals surface area contributed by atoms with Crippen molar-refractivity contribution in [3.8, 4) is 0 Å². The molecule has 0 spiro atoms. The van der Waals surface area contributed by atoms with E-state index in [9.17, 15) is 5.11 Å². The van der Waals surface area contributed by atoms with E-state index in [4.69, 9.17) is 4.42 Å². The van der Waals surface area contributed by atoms with Crippen LogP contribution in [0.25, 0.3) is 0 Å². The van der Waals surface area contributed by atoms with Crippen LogP contribution in [0.1, 0.15) is 37.5 Å². The Morgan fingerprint density at radius 1 is 1.11 bits per heavy atom. The van der Waals surface area contributed by atoms with E-state index in [0.717, 1.165) is 12.2 Å². The summed E-state index contributed by atoms with van der Waals surface area (Å²) in [5.41, 5.74) is 1.20. The Balaban J connectivity index is 2.18. The highest BCUT2D eigenvalue weighted by Crippen LogP contribution is 2.31. The fraction of sp³-hybridized carbons (Fsp3) is 0.412. The topological polar surface area (TPSA) is 33.4 Å². The van der Waals surface area contributed by atoms with Crippen LogP contribution in [0.3, 0.4) is 0 Å². The van der Waals surface area contributed by atoms with E-state index < -0.39 is 6.10 Å². The van der Waals surface area contributed by atoms with Gasteiger partial charge in [0.05, 0.1) is 12.4 Å². The van der Waals surface area contributed by atoms with Gasteiger partial charge in [-0.2, -0.15) is 0 Å². The molecule has 2 rings (SSSR count). The van der Waals surface area contributed by atoms with E-state index in [2.05, 4.69) is 26.0 Å². The molecule has 2 nitrogen and oxygen atoms in total. The van der Waals surface area contributed by atoms with Crippen LogP contribution in [0, 0.1) is 5.92 Å². The Hall–Kier alpha value is -1.54. The van der Waals surface area contributed by atoms with Gasteiger partial charge in [-0.15, -0.1) is 0 Å².